The van der Waals surface area contributed by atoms with Crippen LogP contribution < -0.4 is 15.4 Å². The molecule has 0 bridgehead atoms. The van der Waals surface area contributed by atoms with Crippen molar-refractivity contribution in [1.82, 2.24) is 19.8 Å². The summed E-state index contributed by atoms with van der Waals surface area (Å²) in [5.74, 6) is 0.533. The highest BCUT2D eigenvalue weighted by Crippen LogP contribution is 2.25. The SMILES string of the molecule is COc1cccc(CNC(=O)c2cn(Cc3ccccc3)c3ncc(NC(=O)N4CCCCC4)cc23)c1. The summed E-state index contributed by atoms with van der Waals surface area (Å²) >= 11 is 0. The molecule has 1 aliphatic rings. The largest absolute Gasteiger partial charge is 0.497 e. The van der Waals surface area contributed by atoms with E-state index >= 15 is 0 Å². The molecule has 2 aromatic heterocycles. The van der Waals surface area contributed by atoms with Crippen molar-refractivity contribution in [2.75, 3.05) is 25.5 Å². The van der Waals surface area contributed by atoms with Crippen molar-refractivity contribution in [3.05, 3.63) is 89.7 Å². The van der Waals surface area contributed by atoms with Gasteiger partial charge in [-0.25, -0.2) is 9.78 Å². The average molecular weight is 498 g/mol. The summed E-state index contributed by atoms with van der Waals surface area (Å²) in [6.07, 6.45) is 6.68. The molecule has 190 valence electrons. The molecule has 2 N–H and O–H groups in total. The minimum atomic E-state index is -0.207. The number of aromatic nitrogens is 2. The second-order valence-electron chi connectivity index (χ2n) is 9.26. The molecule has 37 heavy (non-hydrogen) atoms. The predicted octanol–water partition coefficient (Wildman–Crippen LogP) is 5.04. The number of fused-ring (bicyclic) bond motifs is 1. The zero-order valence-electron chi connectivity index (χ0n) is 20.9. The number of nitrogens with one attached hydrogen (secondary N) is 2. The summed E-state index contributed by atoms with van der Waals surface area (Å²) in [4.78, 5) is 32.6. The van der Waals surface area contributed by atoms with E-state index in [4.69, 9.17) is 4.74 Å². The molecule has 0 unspecified atom stereocenters. The van der Waals surface area contributed by atoms with Crippen LogP contribution in [0.4, 0.5) is 10.5 Å². The molecule has 0 radical (unpaired) electrons. The number of carbonyl (C=O) groups is 2. The van der Waals surface area contributed by atoms with Crippen LogP contribution in [0.5, 0.6) is 5.75 Å². The minimum Gasteiger partial charge on any atom is -0.497 e. The highest BCUT2D eigenvalue weighted by atomic mass is 16.5. The van der Waals surface area contributed by atoms with Crippen molar-refractivity contribution in [1.29, 1.82) is 0 Å². The summed E-state index contributed by atoms with van der Waals surface area (Å²) in [7, 11) is 1.62. The van der Waals surface area contributed by atoms with Crippen LogP contribution in [0.1, 0.15) is 40.7 Å². The van der Waals surface area contributed by atoms with Gasteiger partial charge in [0.1, 0.15) is 11.4 Å². The number of rotatable bonds is 7. The quantitative estimate of drug-likeness (QED) is 0.374. The first-order valence-corrected chi connectivity index (χ1v) is 12.6. The molecule has 0 aliphatic carbocycles. The fraction of sp³-hybridized carbons (Fsp3) is 0.276. The average Bonchev–Trinajstić information content (AvgIpc) is 3.30. The first kappa shape index (κ1) is 24.4. The fourth-order valence-corrected chi connectivity index (χ4v) is 4.68. The van der Waals surface area contributed by atoms with Gasteiger partial charge in [-0.2, -0.15) is 0 Å². The number of hydrogen-bond acceptors (Lipinski definition) is 4. The molecule has 3 amide bonds. The van der Waals surface area contributed by atoms with Gasteiger partial charge in [0, 0.05) is 37.8 Å². The third-order valence-electron chi connectivity index (χ3n) is 6.64. The molecule has 0 spiro atoms. The lowest BCUT2D eigenvalue weighted by molar-refractivity contribution is 0.0952. The molecule has 3 heterocycles. The summed E-state index contributed by atoms with van der Waals surface area (Å²) in [6.45, 7) is 2.45. The topological polar surface area (TPSA) is 88.5 Å². The van der Waals surface area contributed by atoms with Crippen LogP contribution >= 0.6 is 0 Å². The van der Waals surface area contributed by atoms with E-state index in [9.17, 15) is 9.59 Å². The van der Waals surface area contributed by atoms with E-state index in [1.807, 2.05) is 76.3 Å². The number of piperidine rings is 1. The third kappa shape index (κ3) is 5.74. The number of likely N-dealkylation sites (tertiary alicyclic amines) is 1. The zero-order valence-corrected chi connectivity index (χ0v) is 20.9. The van der Waals surface area contributed by atoms with E-state index in [1.54, 1.807) is 13.3 Å². The van der Waals surface area contributed by atoms with Crippen molar-refractivity contribution in [2.45, 2.75) is 32.4 Å². The molecule has 8 nitrogen and oxygen atoms in total. The van der Waals surface area contributed by atoms with Gasteiger partial charge < -0.3 is 24.8 Å². The molecular weight excluding hydrogens is 466 g/mol. The van der Waals surface area contributed by atoms with E-state index < -0.39 is 0 Å². The first-order valence-electron chi connectivity index (χ1n) is 12.6. The molecule has 1 saturated heterocycles. The highest BCUT2D eigenvalue weighted by molar-refractivity contribution is 6.07. The lowest BCUT2D eigenvalue weighted by Gasteiger charge is -2.26. The van der Waals surface area contributed by atoms with Crippen molar-refractivity contribution < 1.29 is 14.3 Å². The number of nitrogens with zero attached hydrogens (tertiary/aromatic N) is 3. The summed E-state index contributed by atoms with van der Waals surface area (Å²) in [5.41, 5.74) is 3.81. The van der Waals surface area contributed by atoms with Crippen LogP contribution in [-0.2, 0) is 13.1 Å². The van der Waals surface area contributed by atoms with Crippen molar-refractivity contribution in [3.63, 3.8) is 0 Å². The van der Waals surface area contributed by atoms with Crippen molar-refractivity contribution in [2.24, 2.45) is 0 Å². The van der Waals surface area contributed by atoms with Gasteiger partial charge in [-0.15, -0.1) is 0 Å². The number of anilines is 1. The van der Waals surface area contributed by atoms with E-state index in [0.29, 0.717) is 35.4 Å². The maximum atomic E-state index is 13.4. The number of carbonyl (C=O) groups excluding carboxylic acids is 2. The van der Waals surface area contributed by atoms with Gasteiger partial charge in [-0.1, -0.05) is 42.5 Å². The van der Waals surface area contributed by atoms with Gasteiger partial charge in [0.2, 0.25) is 0 Å². The smallest absolute Gasteiger partial charge is 0.321 e. The number of amides is 3. The Kier molecular flexibility index (Phi) is 7.35. The van der Waals surface area contributed by atoms with Gasteiger partial charge in [0.25, 0.3) is 5.91 Å². The first-order chi connectivity index (χ1) is 18.1. The van der Waals surface area contributed by atoms with Crippen molar-refractivity contribution >= 4 is 28.7 Å². The molecule has 4 aromatic rings. The molecule has 0 atom stereocenters. The van der Waals surface area contributed by atoms with Crippen LogP contribution in [0.25, 0.3) is 11.0 Å². The van der Waals surface area contributed by atoms with Crippen LogP contribution in [0.2, 0.25) is 0 Å². The van der Waals surface area contributed by atoms with Crippen LogP contribution in [0, 0.1) is 0 Å². The second kappa shape index (κ2) is 11.2. The normalized spacial score (nSPS) is 13.4. The molecule has 0 saturated carbocycles. The Morgan fingerprint density at radius 3 is 2.54 bits per heavy atom. The Hall–Kier alpha value is -4.33. The molecule has 2 aromatic carbocycles. The van der Waals surface area contributed by atoms with Gasteiger partial charge >= 0.3 is 6.03 Å². The molecule has 1 fully saturated rings. The van der Waals surface area contributed by atoms with E-state index in [-0.39, 0.29) is 11.9 Å². The molecule has 5 rings (SSSR count). The molecule has 8 heteroatoms. The highest BCUT2D eigenvalue weighted by Gasteiger charge is 2.20. The third-order valence-corrected chi connectivity index (χ3v) is 6.64. The van der Waals surface area contributed by atoms with Crippen LogP contribution in [-0.4, -0.2) is 46.6 Å². The maximum Gasteiger partial charge on any atom is 0.321 e. The Morgan fingerprint density at radius 1 is 0.973 bits per heavy atom. The van der Waals surface area contributed by atoms with E-state index in [1.165, 1.54) is 0 Å². The number of pyridine rings is 1. The number of methoxy groups -OCH3 is 1. The van der Waals surface area contributed by atoms with Gasteiger partial charge in [0.05, 0.1) is 24.6 Å². The summed E-state index contributed by atoms with van der Waals surface area (Å²) < 4.78 is 7.26. The molecular formula is C29H31N5O3. The van der Waals surface area contributed by atoms with Crippen LogP contribution in [0.3, 0.4) is 0 Å². The van der Waals surface area contributed by atoms with Crippen molar-refractivity contribution in [3.8, 4) is 5.75 Å². The zero-order chi connectivity index (χ0) is 25.6. The fourth-order valence-electron chi connectivity index (χ4n) is 4.68. The lowest BCUT2D eigenvalue weighted by atomic mass is 10.1. The Bertz CT molecular complexity index is 1390. The Morgan fingerprint density at radius 2 is 1.76 bits per heavy atom. The van der Waals surface area contributed by atoms with Crippen LogP contribution in [0.15, 0.2) is 73.1 Å². The summed E-state index contributed by atoms with van der Waals surface area (Å²) in [6, 6.07) is 19.4. The Balaban J connectivity index is 1.42. The second-order valence-corrected chi connectivity index (χ2v) is 9.26. The predicted molar refractivity (Wildman–Crippen MR) is 144 cm³/mol. The monoisotopic (exact) mass is 497 g/mol. The number of urea groups is 1. The van der Waals surface area contributed by atoms with Gasteiger partial charge in [-0.3, -0.25) is 4.79 Å². The number of hydrogen-bond donors (Lipinski definition) is 2. The van der Waals surface area contributed by atoms with Gasteiger partial charge in [0.15, 0.2) is 0 Å². The van der Waals surface area contributed by atoms with E-state index in [0.717, 1.165) is 49.2 Å². The molecule has 1 aliphatic heterocycles. The van der Waals surface area contributed by atoms with Gasteiger partial charge in [-0.05, 0) is 48.6 Å². The Labute approximate surface area is 216 Å². The summed E-state index contributed by atoms with van der Waals surface area (Å²) in [5, 5.41) is 6.68. The number of ether oxygens (including phenoxy) is 1. The standard InChI is InChI=1S/C29H31N5O3/c1-37-24-12-8-11-22(15-24)17-31-28(35)26-20-34(19-21-9-4-2-5-10-21)27-25(26)16-23(18-30-27)32-29(36)33-13-6-3-7-14-33/h2,4-5,8-12,15-16,18,20H,3,6-7,13-14,17,19H2,1H3,(H,31,35)(H,32,36). The maximum absolute atomic E-state index is 13.4. The lowest BCUT2D eigenvalue weighted by Crippen LogP contribution is -2.38. The number of benzene rings is 2. The van der Waals surface area contributed by atoms with E-state index in [2.05, 4.69) is 15.6 Å². The minimum absolute atomic E-state index is 0.131.